The summed E-state index contributed by atoms with van der Waals surface area (Å²) in [5.74, 6) is 0.0640. The van der Waals surface area contributed by atoms with Crippen molar-refractivity contribution in [2.75, 3.05) is 13.1 Å². The number of hydrogen-bond donors (Lipinski definition) is 1. The van der Waals surface area contributed by atoms with E-state index in [4.69, 9.17) is 6.57 Å². The molecule has 0 saturated carbocycles. The third kappa shape index (κ3) is 2.48. The van der Waals surface area contributed by atoms with Crippen LogP contribution in [0.5, 0.6) is 0 Å². The summed E-state index contributed by atoms with van der Waals surface area (Å²) in [6.45, 7) is 9.00. The average Bonchev–Trinajstić information content (AvgIpc) is 3.24. The van der Waals surface area contributed by atoms with E-state index in [0.717, 1.165) is 30.0 Å². The van der Waals surface area contributed by atoms with Crippen LogP contribution >= 0.6 is 0 Å². The van der Waals surface area contributed by atoms with E-state index in [9.17, 15) is 4.39 Å². The molecule has 1 saturated heterocycles. The van der Waals surface area contributed by atoms with Crippen molar-refractivity contribution >= 4 is 11.5 Å². The highest BCUT2D eigenvalue weighted by molar-refractivity contribution is 5.77. The number of hydrogen-bond acceptors (Lipinski definition) is 4. The molecule has 1 N–H and O–H groups in total. The predicted molar refractivity (Wildman–Crippen MR) is 97.8 cm³/mol. The number of benzene rings is 1. The number of aromatic nitrogens is 5. The number of nitrogens with one attached hydrogen (secondary N) is 1. The molecule has 0 radical (unpaired) electrons. The summed E-state index contributed by atoms with van der Waals surface area (Å²) in [6, 6.07) is 10.3. The van der Waals surface area contributed by atoms with Crippen LogP contribution in [0.15, 0.2) is 48.9 Å². The number of rotatable bonds is 3. The second kappa shape index (κ2) is 6.00. The zero-order valence-electron chi connectivity index (χ0n) is 14.2. The van der Waals surface area contributed by atoms with Crippen molar-refractivity contribution in [1.82, 2.24) is 29.5 Å². The highest BCUT2D eigenvalue weighted by atomic mass is 19.1. The Hall–Kier alpha value is -3.57. The van der Waals surface area contributed by atoms with Gasteiger partial charge in [-0.1, -0.05) is 11.7 Å². The maximum Gasteiger partial charge on any atom is 0.275 e. The first-order valence-corrected chi connectivity index (χ1v) is 8.50. The van der Waals surface area contributed by atoms with Crippen molar-refractivity contribution in [1.29, 1.82) is 0 Å². The van der Waals surface area contributed by atoms with Crippen molar-refractivity contribution < 1.29 is 4.39 Å². The van der Waals surface area contributed by atoms with E-state index in [2.05, 4.69) is 29.8 Å². The fourth-order valence-electron chi connectivity index (χ4n) is 3.24. The zero-order chi connectivity index (χ0) is 18.4. The van der Waals surface area contributed by atoms with Crippen LogP contribution in [0.3, 0.4) is 0 Å². The summed E-state index contributed by atoms with van der Waals surface area (Å²) >= 11 is 0. The number of imidazole rings is 2. The van der Waals surface area contributed by atoms with E-state index in [1.54, 1.807) is 18.5 Å². The lowest BCUT2D eigenvalue weighted by Gasteiger charge is -2.29. The Morgan fingerprint density at radius 2 is 1.93 bits per heavy atom. The fourth-order valence-corrected chi connectivity index (χ4v) is 3.24. The van der Waals surface area contributed by atoms with Crippen LogP contribution in [0.25, 0.3) is 33.1 Å². The number of fused-ring (bicyclic) bond motifs is 1. The van der Waals surface area contributed by atoms with Gasteiger partial charge >= 0.3 is 0 Å². The number of halogens is 1. The van der Waals surface area contributed by atoms with Crippen molar-refractivity contribution in [3.63, 3.8) is 0 Å². The average molecular weight is 359 g/mol. The van der Waals surface area contributed by atoms with Gasteiger partial charge in [-0.2, -0.15) is 0 Å². The first-order valence-electron chi connectivity index (χ1n) is 8.50. The molecule has 4 heterocycles. The molecule has 0 bridgehead atoms. The van der Waals surface area contributed by atoms with E-state index in [-0.39, 0.29) is 11.9 Å². The first kappa shape index (κ1) is 15.7. The fraction of sp³-hybridized carbons (Fsp3) is 0.158. The van der Waals surface area contributed by atoms with Crippen LogP contribution in [-0.4, -0.2) is 37.2 Å². The van der Waals surface area contributed by atoms with E-state index in [1.165, 1.54) is 22.8 Å². The smallest absolute Gasteiger partial charge is 0.275 e. The minimum absolute atomic E-state index is 0.280. The Morgan fingerprint density at radius 3 is 2.63 bits per heavy atom. The van der Waals surface area contributed by atoms with Crippen LogP contribution in [-0.2, 0) is 0 Å². The molecule has 0 amide bonds. The Morgan fingerprint density at radius 1 is 1.11 bits per heavy atom. The lowest BCUT2D eigenvalue weighted by atomic mass is 10.1. The second-order valence-electron chi connectivity index (χ2n) is 6.38. The summed E-state index contributed by atoms with van der Waals surface area (Å²) in [4.78, 5) is 12.3. The SMILES string of the molecule is [C-]#[N+]c1cnc2ccc(-c3c(-c4ccc(F)cc4)ncn3C3CNC3)nn12. The molecule has 0 spiro atoms. The molecule has 1 aliphatic heterocycles. The van der Waals surface area contributed by atoms with Gasteiger partial charge in [-0.3, -0.25) is 0 Å². The molecule has 5 rings (SSSR count). The van der Waals surface area contributed by atoms with E-state index in [0.29, 0.717) is 17.2 Å². The molecule has 4 aromatic rings. The molecule has 1 aliphatic rings. The van der Waals surface area contributed by atoms with Crippen molar-refractivity contribution in [3.05, 3.63) is 66.2 Å². The van der Waals surface area contributed by atoms with Gasteiger partial charge in [0.05, 0.1) is 30.0 Å². The van der Waals surface area contributed by atoms with E-state index < -0.39 is 0 Å². The van der Waals surface area contributed by atoms with Crippen molar-refractivity contribution in [2.24, 2.45) is 0 Å². The van der Waals surface area contributed by atoms with Crippen LogP contribution in [0.2, 0.25) is 0 Å². The molecular weight excluding hydrogens is 345 g/mol. The summed E-state index contributed by atoms with van der Waals surface area (Å²) in [5.41, 5.74) is 3.70. The molecular formula is C19H14FN7. The third-order valence-electron chi connectivity index (χ3n) is 4.77. The van der Waals surface area contributed by atoms with Gasteiger partial charge in [0.25, 0.3) is 5.82 Å². The third-order valence-corrected chi connectivity index (χ3v) is 4.77. The van der Waals surface area contributed by atoms with Gasteiger partial charge in [0, 0.05) is 24.7 Å². The Balaban J connectivity index is 1.73. The summed E-state index contributed by atoms with van der Waals surface area (Å²) in [7, 11) is 0. The van der Waals surface area contributed by atoms with Gasteiger partial charge in [-0.25, -0.2) is 14.4 Å². The summed E-state index contributed by atoms with van der Waals surface area (Å²) in [6.07, 6.45) is 3.31. The van der Waals surface area contributed by atoms with Crippen molar-refractivity contribution in [3.8, 4) is 22.6 Å². The van der Waals surface area contributed by atoms with E-state index >= 15 is 0 Å². The zero-order valence-corrected chi connectivity index (χ0v) is 14.2. The maximum atomic E-state index is 13.4. The molecule has 132 valence electrons. The molecule has 0 aliphatic carbocycles. The topological polar surface area (TPSA) is 64.4 Å². The van der Waals surface area contributed by atoms with Gasteiger partial charge in [0.2, 0.25) is 5.65 Å². The maximum absolute atomic E-state index is 13.4. The molecule has 27 heavy (non-hydrogen) atoms. The van der Waals surface area contributed by atoms with Gasteiger partial charge in [-0.05, 0) is 30.3 Å². The Labute approximate surface area is 153 Å². The molecule has 0 atom stereocenters. The second-order valence-corrected chi connectivity index (χ2v) is 6.38. The quantitative estimate of drug-likeness (QED) is 0.571. The lowest BCUT2D eigenvalue weighted by molar-refractivity contribution is 0.345. The highest BCUT2D eigenvalue weighted by Gasteiger charge is 2.26. The molecule has 7 nitrogen and oxygen atoms in total. The summed E-state index contributed by atoms with van der Waals surface area (Å²) in [5, 5.41) is 7.90. The number of nitrogens with zero attached hydrogens (tertiary/aromatic N) is 6. The standard InChI is InChI=1S/C19H14FN7/c1-21-17-10-23-16-7-6-15(25-27(16)17)19-18(12-2-4-13(20)5-3-12)24-11-26(19)14-8-22-9-14/h2-7,10-11,14,22H,8-9H2. The molecule has 1 aromatic carbocycles. The minimum atomic E-state index is -0.289. The normalized spacial score (nSPS) is 14.2. The predicted octanol–water partition coefficient (Wildman–Crippen LogP) is 3.09. The van der Waals surface area contributed by atoms with Gasteiger partial charge < -0.3 is 14.7 Å². The Kier molecular flexibility index (Phi) is 3.48. The van der Waals surface area contributed by atoms with Gasteiger partial charge in [-0.15, -0.1) is 4.52 Å². The monoisotopic (exact) mass is 359 g/mol. The largest absolute Gasteiger partial charge is 0.360 e. The minimum Gasteiger partial charge on any atom is -0.360 e. The molecule has 0 unspecified atom stereocenters. The summed E-state index contributed by atoms with van der Waals surface area (Å²) < 4.78 is 17.0. The van der Waals surface area contributed by atoms with Crippen LogP contribution in [0.1, 0.15) is 6.04 Å². The van der Waals surface area contributed by atoms with Gasteiger partial charge in [0.15, 0.2) is 0 Å². The highest BCUT2D eigenvalue weighted by Crippen LogP contribution is 2.33. The van der Waals surface area contributed by atoms with E-state index in [1.807, 2.05) is 12.1 Å². The van der Waals surface area contributed by atoms with Crippen LogP contribution in [0.4, 0.5) is 10.2 Å². The molecule has 8 heteroatoms. The van der Waals surface area contributed by atoms with Crippen molar-refractivity contribution in [2.45, 2.75) is 6.04 Å². The molecule has 3 aromatic heterocycles. The van der Waals surface area contributed by atoms with Crippen LogP contribution in [0, 0.1) is 12.4 Å². The first-order chi connectivity index (χ1) is 13.2. The van der Waals surface area contributed by atoms with Crippen LogP contribution < -0.4 is 5.32 Å². The Bertz CT molecular complexity index is 1180. The lowest BCUT2D eigenvalue weighted by Crippen LogP contribution is -2.43. The molecule has 1 fully saturated rings. The van der Waals surface area contributed by atoms with Gasteiger partial charge in [0.1, 0.15) is 11.5 Å².